The molecular formula is C16H23NO3S. The highest BCUT2D eigenvalue weighted by atomic mass is 32.2. The summed E-state index contributed by atoms with van der Waals surface area (Å²) in [6.07, 6.45) is 2.85. The van der Waals surface area contributed by atoms with Crippen LogP contribution in [0.1, 0.15) is 44.7 Å². The first kappa shape index (κ1) is 14.9. The van der Waals surface area contributed by atoms with Crippen molar-refractivity contribution < 1.29 is 13.7 Å². The van der Waals surface area contributed by atoms with Gasteiger partial charge in [-0.15, -0.1) is 0 Å². The predicted octanol–water partition coefficient (Wildman–Crippen LogP) is 2.79. The molecule has 4 nitrogen and oxygen atoms in total. The van der Waals surface area contributed by atoms with Crippen molar-refractivity contribution in [3.63, 3.8) is 0 Å². The van der Waals surface area contributed by atoms with E-state index in [0.717, 1.165) is 47.8 Å². The second-order valence-electron chi connectivity index (χ2n) is 5.56. The van der Waals surface area contributed by atoms with Gasteiger partial charge in [-0.1, -0.05) is 13.8 Å². The molecule has 0 saturated carbocycles. The molecule has 0 saturated heterocycles. The molecule has 0 fully saturated rings. The van der Waals surface area contributed by atoms with Gasteiger partial charge in [-0.2, -0.15) is 0 Å². The van der Waals surface area contributed by atoms with E-state index in [1.165, 1.54) is 0 Å². The van der Waals surface area contributed by atoms with E-state index >= 15 is 0 Å². The number of rotatable bonds is 4. The molecule has 2 aliphatic heterocycles. The summed E-state index contributed by atoms with van der Waals surface area (Å²) in [5, 5.41) is 3.69. The van der Waals surface area contributed by atoms with E-state index in [-0.39, 0.29) is 11.3 Å². The fourth-order valence-electron chi connectivity index (χ4n) is 3.04. The van der Waals surface area contributed by atoms with Gasteiger partial charge in [-0.05, 0) is 31.0 Å². The van der Waals surface area contributed by atoms with Gasteiger partial charge in [0.2, 0.25) is 0 Å². The zero-order valence-corrected chi connectivity index (χ0v) is 13.5. The smallest absolute Gasteiger partial charge is 0.162 e. The zero-order chi connectivity index (χ0) is 14.8. The summed E-state index contributed by atoms with van der Waals surface area (Å²) in [6, 6.07) is 4.13. The highest BCUT2D eigenvalue weighted by Crippen LogP contribution is 2.44. The Hall–Kier alpha value is -1.07. The first-order valence-electron chi connectivity index (χ1n) is 7.83. The van der Waals surface area contributed by atoms with Crippen LogP contribution in [-0.2, 0) is 10.8 Å². The van der Waals surface area contributed by atoms with E-state index < -0.39 is 10.8 Å². The highest BCUT2D eigenvalue weighted by Gasteiger charge is 2.38. The molecule has 0 bridgehead atoms. The maximum Gasteiger partial charge on any atom is 0.162 e. The normalized spacial score (nSPS) is 27.2. The Bertz CT molecular complexity index is 547. The molecule has 0 amide bonds. The monoisotopic (exact) mass is 309 g/mol. The summed E-state index contributed by atoms with van der Waals surface area (Å²) in [4.78, 5) is 0.916. The number of nitrogens with one attached hydrogen (secondary N) is 1. The van der Waals surface area contributed by atoms with Gasteiger partial charge in [0.15, 0.2) is 11.5 Å². The molecular weight excluding hydrogens is 286 g/mol. The van der Waals surface area contributed by atoms with Crippen LogP contribution >= 0.6 is 0 Å². The molecule has 0 radical (unpaired) electrons. The maximum atomic E-state index is 12.7. The Kier molecular flexibility index (Phi) is 4.50. The van der Waals surface area contributed by atoms with Crippen LogP contribution in [0.5, 0.6) is 11.5 Å². The lowest BCUT2D eigenvalue weighted by Gasteiger charge is -2.19. The molecule has 2 aliphatic rings. The van der Waals surface area contributed by atoms with Crippen LogP contribution in [0.4, 0.5) is 0 Å². The van der Waals surface area contributed by atoms with Crippen LogP contribution in [0.2, 0.25) is 0 Å². The molecule has 3 unspecified atom stereocenters. The summed E-state index contributed by atoms with van der Waals surface area (Å²) in [6.45, 7) is 6.53. The second kappa shape index (κ2) is 6.36. The van der Waals surface area contributed by atoms with E-state index in [4.69, 9.17) is 9.47 Å². The van der Waals surface area contributed by atoms with E-state index in [9.17, 15) is 4.21 Å². The number of benzene rings is 1. The molecule has 1 aromatic rings. The third-order valence-corrected chi connectivity index (χ3v) is 6.04. The molecule has 5 heteroatoms. The van der Waals surface area contributed by atoms with Crippen molar-refractivity contribution in [1.82, 2.24) is 5.32 Å². The van der Waals surface area contributed by atoms with Crippen LogP contribution in [-0.4, -0.2) is 29.2 Å². The average Bonchev–Trinajstić information content (AvgIpc) is 2.66. The van der Waals surface area contributed by atoms with E-state index in [0.29, 0.717) is 13.2 Å². The minimum atomic E-state index is -0.971. The third-order valence-electron chi connectivity index (χ3n) is 4.10. The SMILES string of the molecule is CCCNC1c2cc3c(cc2S(=O)C1CC)OCCCO3. The Morgan fingerprint density at radius 1 is 1.24 bits per heavy atom. The average molecular weight is 309 g/mol. The van der Waals surface area contributed by atoms with Crippen molar-refractivity contribution in [3.05, 3.63) is 17.7 Å². The molecule has 0 spiro atoms. The van der Waals surface area contributed by atoms with Crippen molar-refractivity contribution in [2.45, 2.75) is 49.3 Å². The van der Waals surface area contributed by atoms with Gasteiger partial charge in [0.25, 0.3) is 0 Å². The van der Waals surface area contributed by atoms with Gasteiger partial charge in [-0.3, -0.25) is 4.21 Å². The Morgan fingerprint density at radius 2 is 1.95 bits per heavy atom. The first-order valence-corrected chi connectivity index (χ1v) is 9.05. The van der Waals surface area contributed by atoms with Crippen LogP contribution in [0.3, 0.4) is 0 Å². The number of hydrogen-bond acceptors (Lipinski definition) is 4. The first-order chi connectivity index (χ1) is 10.3. The second-order valence-corrected chi connectivity index (χ2v) is 7.20. The summed E-state index contributed by atoms with van der Waals surface area (Å²) >= 11 is 0. The van der Waals surface area contributed by atoms with Crippen molar-refractivity contribution >= 4 is 10.8 Å². The minimum absolute atomic E-state index is 0.137. The van der Waals surface area contributed by atoms with Crippen molar-refractivity contribution in [1.29, 1.82) is 0 Å². The predicted molar refractivity (Wildman–Crippen MR) is 83.6 cm³/mol. The number of fused-ring (bicyclic) bond motifs is 2. The summed E-state index contributed by atoms with van der Waals surface area (Å²) in [7, 11) is -0.971. The Labute approximate surface area is 128 Å². The minimum Gasteiger partial charge on any atom is -0.490 e. The van der Waals surface area contributed by atoms with Gasteiger partial charge < -0.3 is 14.8 Å². The Morgan fingerprint density at radius 3 is 2.62 bits per heavy atom. The third kappa shape index (κ3) is 2.69. The summed E-state index contributed by atoms with van der Waals surface area (Å²) in [5.74, 6) is 1.54. The van der Waals surface area contributed by atoms with Crippen molar-refractivity contribution in [2.24, 2.45) is 0 Å². The van der Waals surface area contributed by atoms with Crippen molar-refractivity contribution in [2.75, 3.05) is 19.8 Å². The molecule has 1 aromatic carbocycles. The van der Waals surface area contributed by atoms with Crippen LogP contribution in [0.25, 0.3) is 0 Å². The van der Waals surface area contributed by atoms with Crippen LogP contribution in [0, 0.1) is 0 Å². The van der Waals surface area contributed by atoms with Gasteiger partial charge in [0.1, 0.15) is 0 Å². The van der Waals surface area contributed by atoms with E-state index in [1.54, 1.807) is 0 Å². The largest absolute Gasteiger partial charge is 0.490 e. The zero-order valence-electron chi connectivity index (χ0n) is 12.7. The van der Waals surface area contributed by atoms with Crippen LogP contribution < -0.4 is 14.8 Å². The number of hydrogen-bond donors (Lipinski definition) is 1. The molecule has 3 rings (SSSR count). The lowest BCUT2D eigenvalue weighted by Crippen LogP contribution is -2.30. The molecule has 3 atom stereocenters. The van der Waals surface area contributed by atoms with Gasteiger partial charge >= 0.3 is 0 Å². The fourth-order valence-corrected chi connectivity index (χ4v) is 4.80. The lowest BCUT2D eigenvalue weighted by molar-refractivity contribution is 0.296. The van der Waals surface area contributed by atoms with Gasteiger partial charge in [0, 0.05) is 23.4 Å². The molecule has 0 aromatic heterocycles. The summed E-state index contributed by atoms with van der Waals surface area (Å²) < 4.78 is 24.3. The van der Waals surface area contributed by atoms with Gasteiger partial charge in [0.05, 0.1) is 29.3 Å². The summed E-state index contributed by atoms with van der Waals surface area (Å²) in [5.41, 5.74) is 1.12. The standard InChI is InChI=1S/C16H23NO3S/c1-3-6-17-16-11-9-12-13(20-8-5-7-19-12)10-15(11)21(18)14(16)4-2/h9-10,14,16-17H,3-8H2,1-2H3. The maximum absolute atomic E-state index is 12.7. The van der Waals surface area contributed by atoms with E-state index in [2.05, 4.69) is 19.2 Å². The number of ether oxygens (including phenoxy) is 2. The highest BCUT2D eigenvalue weighted by molar-refractivity contribution is 7.86. The molecule has 1 N–H and O–H groups in total. The molecule has 116 valence electrons. The fraction of sp³-hybridized carbons (Fsp3) is 0.625. The molecule has 2 heterocycles. The van der Waals surface area contributed by atoms with E-state index in [1.807, 2.05) is 12.1 Å². The van der Waals surface area contributed by atoms with Gasteiger partial charge in [-0.25, -0.2) is 0 Å². The molecule has 0 aliphatic carbocycles. The molecule has 21 heavy (non-hydrogen) atoms. The lowest BCUT2D eigenvalue weighted by atomic mass is 10.0. The van der Waals surface area contributed by atoms with Crippen molar-refractivity contribution in [3.8, 4) is 11.5 Å². The Balaban J connectivity index is 2.00. The van der Waals surface area contributed by atoms with Crippen LogP contribution in [0.15, 0.2) is 17.0 Å². The topological polar surface area (TPSA) is 47.6 Å². The quantitative estimate of drug-likeness (QED) is 0.929.